The van der Waals surface area contributed by atoms with Gasteiger partial charge in [0, 0.05) is 39.0 Å². The maximum atomic E-state index is 15.1. The molecule has 4 saturated heterocycles. The van der Waals surface area contributed by atoms with Gasteiger partial charge in [-0.1, -0.05) is 114 Å². The number of carbonyl (C=O) groups is 18. The molecule has 0 aromatic heterocycles. The molecular weight excluding hydrogens is 1770 g/mol. The molecule has 4 aliphatic rings. The molecular formula is C92H144N18O24S. The minimum atomic E-state index is -1.86. The van der Waals surface area contributed by atoms with Gasteiger partial charge in [0.2, 0.25) is 100 Å². The number of aliphatic hydroxyl groups is 3. The third-order valence-electron chi connectivity index (χ3n) is 24.5. The molecule has 4 aliphatic heterocycles. The number of nitrogens with zero attached hydrogens (tertiary/aromatic N) is 4. The van der Waals surface area contributed by atoms with Crippen molar-refractivity contribution in [3.05, 3.63) is 59.7 Å². The van der Waals surface area contributed by atoms with Gasteiger partial charge in [-0.25, -0.2) is 4.79 Å². The van der Waals surface area contributed by atoms with E-state index >= 15 is 9.59 Å². The number of nitrogens with two attached hydrogens (primary N) is 2. The third kappa shape index (κ3) is 33.0. The Morgan fingerprint density at radius 3 is 1.14 bits per heavy atom. The van der Waals surface area contributed by atoms with Crippen LogP contribution < -0.4 is 75.3 Å². The van der Waals surface area contributed by atoms with E-state index in [2.05, 4.69) is 63.8 Å². The topological polar surface area (TPSA) is 638 Å². The Kier molecular flexibility index (Phi) is 44.4. The van der Waals surface area contributed by atoms with E-state index in [4.69, 9.17) is 11.5 Å². The Morgan fingerprint density at radius 1 is 0.393 bits per heavy atom. The molecule has 0 aliphatic carbocycles. The SMILES string of the molecule is CC[C@H](C)[C@H](NC(=O)[C@@H]1CCCN1C(=O)[C@H](CC(C)C)NC(=O)[C@H](Cc1ccc(O)cc1)NC(=O)[C@H](CO)NC(=O)[C@@H](NC(=O)[C@@H]1CCCN1C(=O)[C@@H](N)CC(C)C)[C@@H](C)O)C(=O)N[C@@H](Cc1ccc(O)cc1)C(=O)N[C@H](C(=O)N1CCC[C@H]1C(=O)N[C@@H](CC(N)=O)C(=O)N[C@H](C(=O)N[C@H](C(=O)N[C@@H](CCSC)C(=O)N1CCC[C@H]1C(=O)N[C@@H](CC(C)C)C(=O)O)C(C)C)C(C)C)[C@@H](C)O. The number of thioether (sulfide) groups is 1. The molecule has 4 fully saturated rings. The maximum Gasteiger partial charge on any atom is 0.326 e. The summed E-state index contributed by atoms with van der Waals surface area (Å²) in [6.45, 7) is 22.1. The standard InChI is InChI=1S/C92H144N18O24S/c1-16-51(12)73(104-82(123)69-24-19-36-109(69)90(131)63(40-47(4)5)99-76(117)60(42-54-25-29-56(114)30-26-54)96-79(120)65(45-111)101-87(128)74(52(13)112)105-83(124)68-23-17-34-107(68)88(129)58(93)39-46(2)3)86(127)98-61(43-55-27-31-57(115)32-28-55)77(118)106-75(53(14)113)91(132)110-37-20-22-67(110)80(121)97-62(44-70(94)116)78(119)102-72(50(10)11)85(126)103-71(49(8)9)84(125)95-59(33-38-135-15)89(130)108-35-18-21-66(108)81(122)100-64(92(133)134)41-48(6)7/h25-32,46-53,58-69,71-75,111-115H,16-24,33-45,93H2,1-15H3,(H2,94,116)(H,95,125)(H,96,120)(H,97,121)(H,98,127)(H,99,117)(H,100,122)(H,101,128)(H,102,119)(H,103,126)(H,104,123)(H,105,124)(H,106,118)(H,133,134)/t51-,52+,53+,58-,59-,60-,61-,62-,63-,64-,65-,66-,67-,68-,69-,71-,72-,73-,74-,75-/m0/s1. The Bertz CT molecular complexity index is 4450. The van der Waals surface area contributed by atoms with Gasteiger partial charge in [-0.3, -0.25) is 81.5 Å². The fourth-order valence-corrected chi connectivity index (χ4v) is 17.4. The van der Waals surface area contributed by atoms with E-state index in [-0.39, 0.29) is 132 Å². The van der Waals surface area contributed by atoms with E-state index in [9.17, 15) is 107 Å². The largest absolute Gasteiger partial charge is 0.508 e. The van der Waals surface area contributed by atoms with E-state index in [0.717, 1.165) is 4.90 Å². The number of benzene rings is 2. The number of likely N-dealkylation sites (tertiary alicyclic amines) is 4. The van der Waals surface area contributed by atoms with Crippen LogP contribution >= 0.6 is 11.8 Å². The number of carboxylic acid groups (broad SMARTS) is 1. The fraction of sp³-hybridized carbons (Fsp3) is 0.674. The molecule has 0 bridgehead atoms. The Hall–Kier alpha value is -11.3. The van der Waals surface area contributed by atoms with E-state index in [1.165, 1.54) is 88.8 Å². The monoisotopic (exact) mass is 1920 g/mol. The average molecular weight is 1920 g/mol. The van der Waals surface area contributed by atoms with Crippen molar-refractivity contribution in [3.8, 4) is 11.5 Å². The van der Waals surface area contributed by atoms with Gasteiger partial charge in [0.1, 0.15) is 108 Å². The van der Waals surface area contributed by atoms with E-state index < -0.39 is 252 Å². The van der Waals surface area contributed by atoms with Gasteiger partial charge in [0.05, 0.1) is 31.3 Å². The predicted octanol–water partition coefficient (Wildman–Crippen LogP) is -2.04. The van der Waals surface area contributed by atoms with Crippen molar-refractivity contribution in [2.75, 3.05) is 44.8 Å². The summed E-state index contributed by atoms with van der Waals surface area (Å²) in [5, 5.41) is 94.3. The number of carbonyl (C=O) groups excluding carboxylic acids is 17. The number of hydrogen-bond donors (Lipinski definition) is 20. The number of primary amides is 1. The molecule has 6 rings (SSSR count). The Morgan fingerprint density at radius 2 is 0.726 bits per heavy atom. The molecule has 4 heterocycles. The summed E-state index contributed by atoms with van der Waals surface area (Å²) in [6.07, 6.45) is -0.486. The van der Waals surface area contributed by atoms with E-state index in [1.807, 2.05) is 13.8 Å². The summed E-state index contributed by atoms with van der Waals surface area (Å²) in [7, 11) is 0. The van der Waals surface area contributed by atoms with Gasteiger partial charge < -0.3 is 126 Å². The number of aliphatic hydroxyl groups excluding tert-OH is 3. The molecule has 42 nitrogen and oxygen atoms in total. The van der Waals surface area contributed by atoms with Crippen LogP contribution in [0.4, 0.5) is 0 Å². The molecule has 0 spiro atoms. The summed E-state index contributed by atoms with van der Waals surface area (Å²) in [5.41, 5.74) is 12.6. The van der Waals surface area contributed by atoms with Crippen LogP contribution in [0.5, 0.6) is 11.5 Å². The lowest BCUT2D eigenvalue weighted by Gasteiger charge is -2.33. The molecule has 2 aromatic carbocycles. The second-order valence-electron chi connectivity index (χ2n) is 37.7. The highest BCUT2D eigenvalue weighted by atomic mass is 32.2. The van der Waals surface area contributed by atoms with Gasteiger partial charge in [-0.2, -0.15) is 11.8 Å². The lowest BCUT2D eigenvalue weighted by atomic mass is 9.96. The Labute approximate surface area is 792 Å². The smallest absolute Gasteiger partial charge is 0.326 e. The first-order valence-electron chi connectivity index (χ1n) is 46.7. The number of aromatic hydroxyl groups is 2. The minimum absolute atomic E-state index is 0.0216. The fourth-order valence-electron chi connectivity index (χ4n) is 16.9. The third-order valence-corrected chi connectivity index (χ3v) is 25.2. The van der Waals surface area contributed by atoms with Crippen LogP contribution in [0.25, 0.3) is 0 Å². The predicted molar refractivity (Wildman–Crippen MR) is 496 cm³/mol. The average Bonchev–Trinajstić information content (AvgIpc) is 1.76. The zero-order chi connectivity index (χ0) is 101. The molecule has 20 atom stereocenters. The van der Waals surface area contributed by atoms with Crippen LogP contribution in [-0.2, 0) is 99.1 Å². The van der Waals surface area contributed by atoms with Crippen molar-refractivity contribution >= 4 is 118 Å². The number of aliphatic carboxylic acids is 1. The van der Waals surface area contributed by atoms with Gasteiger partial charge in [-0.15, -0.1) is 0 Å². The first-order chi connectivity index (χ1) is 63.5. The molecule has 22 N–H and O–H groups in total. The summed E-state index contributed by atoms with van der Waals surface area (Å²) in [5.74, 6) is -18.7. The molecule has 0 unspecified atom stereocenters. The van der Waals surface area contributed by atoms with Crippen molar-refractivity contribution in [1.29, 1.82) is 0 Å². The maximum absolute atomic E-state index is 15.1. The van der Waals surface area contributed by atoms with Gasteiger partial charge in [-0.05, 0) is 174 Å². The van der Waals surface area contributed by atoms with Gasteiger partial charge in [0.25, 0.3) is 0 Å². The number of carboxylic acids is 1. The molecule has 0 radical (unpaired) electrons. The Balaban J connectivity index is 1.16. The van der Waals surface area contributed by atoms with Crippen molar-refractivity contribution in [1.82, 2.24) is 83.4 Å². The normalized spacial score (nSPS) is 19.6. The van der Waals surface area contributed by atoms with Crippen molar-refractivity contribution < 1.29 is 117 Å². The zero-order valence-corrected chi connectivity index (χ0v) is 80.8. The minimum Gasteiger partial charge on any atom is -0.508 e. The highest BCUT2D eigenvalue weighted by Gasteiger charge is 2.48. The lowest BCUT2D eigenvalue weighted by Crippen LogP contribution is -2.63. The number of phenolic OH excluding ortho intramolecular Hbond substituents is 2. The molecule has 17 amide bonds. The van der Waals surface area contributed by atoms with Crippen LogP contribution in [0, 0.1) is 35.5 Å². The van der Waals surface area contributed by atoms with Crippen LogP contribution in [0.1, 0.15) is 198 Å². The number of nitrogens with one attached hydrogen (secondary N) is 12. The summed E-state index contributed by atoms with van der Waals surface area (Å²) >= 11 is 1.38. The first kappa shape index (κ1) is 112. The van der Waals surface area contributed by atoms with Crippen LogP contribution in [-0.4, -0.2) is 316 Å². The van der Waals surface area contributed by atoms with Gasteiger partial charge >= 0.3 is 5.97 Å². The number of amides is 17. The molecule has 752 valence electrons. The highest BCUT2D eigenvalue weighted by molar-refractivity contribution is 7.98. The van der Waals surface area contributed by atoms with Gasteiger partial charge in [0.15, 0.2) is 0 Å². The molecule has 43 heteroatoms. The number of phenols is 2. The second-order valence-corrected chi connectivity index (χ2v) is 38.7. The van der Waals surface area contributed by atoms with Crippen molar-refractivity contribution in [2.45, 2.75) is 315 Å². The van der Waals surface area contributed by atoms with Crippen LogP contribution in [0.15, 0.2) is 48.5 Å². The highest BCUT2D eigenvalue weighted by Crippen LogP contribution is 2.28. The summed E-state index contributed by atoms with van der Waals surface area (Å²) < 4.78 is 0. The van der Waals surface area contributed by atoms with Crippen molar-refractivity contribution in [3.63, 3.8) is 0 Å². The summed E-state index contributed by atoms with van der Waals surface area (Å²) in [4.78, 5) is 261. The van der Waals surface area contributed by atoms with E-state index in [1.54, 1.807) is 75.5 Å². The second kappa shape index (κ2) is 53.3. The molecule has 2 aromatic rings. The zero-order valence-electron chi connectivity index (χ0n) is 80.0. The number of hydrogen-bond acceptors (Lipinski definition) is 25. The lowest BCUT2D eigenvalue weighted by molar-refractivity contribution is -0.145. The molecule has 135 heavy (non-hydrogen) atoms. The van der Waals surface area contributed by atoms with Crippen LogP contribution in [0.2, 0.25) is 0 Å². The summed E-state index contributed by atoms with van der Waals surface area (Å²) in [6, 6.07) is -13.1. The molecule has 0 saturated carbocycles. The first-order valence-corrected chi connectivity index (χ1v) is 48.1. The van der Waals surface area contributed by atoms with Crippen LogP contribution in [0.3, 0.4) is 0 Å². The number of rotatable bonds is 51. The quantitative estimate of drug-likeness (QED) is 0.0339. The van der Waals surface area contributed by atoms with Crippen molar-refractivity contribution in [2.24, 2.45) is 47.0 Å². The van der Waals surface area contributed by atoms with E-state index in [0.29, 0.717) is 36.1 Å².